The Morgan fingerprint density at radius 1 is 1.15 bits per heavy atom. The van der Waals surface area contributed by atoms with Crippen LogP contribution in [0.1, 0.15) is 101 Å². The van der Waals surface area contributed by atoms with E-state index in [4.69, 9.17) is 9.97 Å². The zero-order valence-corrected chi connectivity index (χ0v) is 25.4. The molecule has 0 aromatic carbocycles. The van der Waals surface area contributed by atoms with E-state index in [9.17, 15) is 4.79 Å². The van der Waals surface area contributed by atoms with Crippen LogP contribution in [0.15, 0.2) is 53.7 Å². The van der Waals surface area contributed by atoms with Crippen molar-refractivity contribution in [3.05, 3.63) is 71.2 Å². The van der Waals surface area contributed by atoms with Gasteiger partial charge >= 0.3 is 0 Å². The second-order valence-electron chi connectivity index (χ2n) is 12.6. The molecule has 0 bridgehead atoms. The number of rotatable bonds is 8. The molecule has 2 atom stereocenters. The predicted octanol–water partition coefficient (Wildman–Crippen LogP) is 7.11. The first kappa shape index (κ1) is 28.4. The number of hydrogen-bond donors (Lipinski definition) is 2. The van der Waals surface area contributed by atoms with E-state index in [1.807, 2.05) is 42.6 Å². The minimum absolute atomic E-state index is 0.00451. The Morgan fingerprint density at radius 2 is 1.98 bits per heavy atom. The fraction of sp³-hybridized carbons (Fsp3) is 0.500. The molecular weight excluding hydrogens is 516 g/mol. The van der Waals surface area contributed by atoms with Crippen molar-refractivity contribution in [1.82, 2.24) is 19.7 Å². The van der Waals surface area contributed by atoms with Crippen molar-refractivity contribution in [3.63, 3.8) is 0 Å². The van der Waals surface area contributed by atoms with Gasteiger partial charge in [0.2, 0.25) is 0 Å². The molecule has 0 saturated carbocycles. The monoisotopic (exact) mass is 558 g/mol. The Kier molecular flexibility index (Phi) is 8.09. The lowest BCUT2D eigenvalue weighted by Crippen LogP contribution is -2.41. The Balaban J connectivity index is 1.38. The maximum Gasteiger partial charge on any atom is 0.265 e. The van der Waals surface area contributed by atoms with Crippen LogP contribution in [0, 0.1) is 5.92 Å². The van der Waals surface area contributed by atoms with E-state index in [0.29, 0.717) is 11.5 Å². The predicted molar refractivity (Wildman–Crippen MR) is 164 cm³/mol. The first-order valence-electron chi connectivity index (χ1n) is 14.5. The molecule has 2 unspecified atom stereocenters. The molecule has 212 valence electrons. The fourth-order valence-electron chi connectivity index (χ4n) is 6.34. The van der Waals surface area contributed by atoms with Crippen molar-refractivity contribution in [3.8, 4) is 0 Å². The Bertz CT molecular complexity index is 1360. The summed E-state index contributed by atoms with van der Waals surface area (Å²) in [5.41, 5.74) is 3.92. The molecular formula is C32H42N6OS. The number of carbonyl (C=O) groups is 1. The molecule has 3 aromatic rings. The van der Waals surface area contributed by atoms with E-state index in [1.54, 1.807) is 0 Å². The van der Waals surface area contributed by atoms with Crippen LogP contribution in [-0.2, 0) is 11.8 Å². The van der Waals surface area contributed by atoms with Crippen LogP contribution < -0.4 is 14.9 Å². The summed E-state index contributed by atoms with van der Waals surface area (Å²) in [6.07, 6.45) is 6.95. The second-order valence-corrected chi connectivity index (χ2v) is 13.4. The van der Waals surface area contributed by atoms with Crippen molar-refractivity contribution < 1.29 is 4.79 Å². The highest BCUT2D eigenvalue weighted by atomic mass is 32.2. The van der Waals surface area contributed by atoms with Crippen LogP contribution in [0.3, 0.4) is 0 Å². The van der Waals surface area contributed by atoms with E-state index in [2.05, 4.69) is 67.5 Å². The van der Waals surface area contributed by atoms with Crippen molar-refractivity contribution in [2.75, 3.05) is 16.8 Å². The SMILES string of the molecule is CCC(Nc1cccc(SNC(=O)c2cc3c(nc2N2CC(C)CC2(C)C)C(C)(C)CCC3)n1)c1ccccn1. The number of hydrogen-bond acceptors (Lipinski definition) is 7. The standard InChI is InChI=1S/C32H42N6OS/c1-7-24(25-13-8-9-17-33-25)34-26-14-10-15-27(35-26)40-37-30(39)23-18-22-12-11-16-31(3,4)28(22)36-29(23)38-20-21(2)19-32(38,5)6/h8-10,13-15,17-18,21,24H,7,11-12,16,19-20H2,1-6H3,(H,34,35)(H,37,39). The van der Waals surface area contributed by atoms with Crippen LogP contribution in [0.25, 0.3) is 0 Å². The molecule has 3 aromatic heterocycles. The molecule has 2 aliphatic rings. The maximum atomic E-state index is 13.8. The van der Waals surface area contributed by atoms with E-state index >= 15 is 0 Å². The molecule has 1 aliphatic heterocycles. The van der Waals surface area contributed by atoms with Crippen molar-refractivity contribution >= 4 is 29.5 Å². The van der Waals surface area contributed by atoms with Crippen LogP contribution >= 0.6 is 11.9 Å². The number of carbonyl (C=O) groups excluding carboxylic acids is 1. The molecule has 7 nitrogen and oxygen atoms in total. The summed E-state index contributed by atoms with van der Waals surface area (Å²) < 4.78 is 3.08. The number of pyridine rings is 3. The van der Waals surface area contributed by atoms with Gasteiger partial charge in [0.15, 0.2) is 0 Å². The minimum Gasteiger partial charge on any atom is -0.362 e. The van der Waals surface area contributed by atoms with Crippen molar-refractivity contribution in [2.24, 2.45) is 5.92 Å². The molecule has 1 saturated heterocycles. The van der Waals surface area contributed by atoms with Crippen LogP contribution in [0.5, 0.6) is 0 Å². The maximum absolute atomic E-state index is 13.8. The van der Waals surface area contributed by atoms with E-state index in [1.165, 1.54) is 17.5 Å². The minimum atomic E-state index is -0.130. The van der Waals surface area contributed by atoms with E-state index in [0.717, 1.165) is 66.7 Å². The quantitative estimate of drug-likeness (QED) is 0.285. The zero-order chi connectivity index (χ0) is 28.5. The molecule has 0 spiro atoms. The molecule has 5 rings (SSSR count). The molecule has 2 N–H and O–H groups in total. The lowest BCUT2D eigenvalue weighted by Gasteiger charge is -2.37. The average molecular weight is 559 g/mol. The number of aromatic nitrogens is 3. The number of aryl methyl sites for hydroxylation is 1. The molecule has 4 heterocycles. The first-order chi connectivity index (χ1) is 19.1. The highest BCUT2D eigenvalue weighted by Gasteiger charge is 2.40. The molecule has 1 amide bonds. The van der Waals surface area contributed by atoms with Gasteiger partial charge in [-0.1, -0.05) is 39.8 Å². The van der Waals surface area contributed by atoms with Crippen LogP contribution in [0.2, 0.25) is 0 Å². The second kappa shape index (κ2) is 11.4. The summed E-state index contributed by atoms with van der Waals surface area (Å²) in [7, 11) is 0. The highest BCUT2D eigenvalue weighted by molar-refractivity contribution is 7.97. The van der Waals surface area contributed by atoms with Gasteiger partial charge in [-0.05, 0) is 87.8 Å². The summed E-state index contributed by atoms with van der Waals surface area (Å²) in [5, 5.41) is 4.21. The van der Waals surface area contributed by atoms with Gasteiger partial charge in [0.1, 0.15) is 16.7 Å². The van der Waals surface area contributed by atoms with Gasteiger partial charge in [-0.15, -0.1) is 0 Å². The van der Waals surface area contributed by atoms with Gasteiger partial charge in [0.25, 0.3) is 5.91 Å². The molecule has 1 aliphatic carbocycles. The lowest BCUT2D eigenvalue weighted by molar-refractivity contribution is 0.0984. The largest absolute Gasteiger partial charge is 0.362 e. The van der Waals surface area contributed by atoms with Gasteiger partial charge < -0.3 is 10.2 Å². The summed E-state index contributed by atoms with van der Waals surface area (Å²) in [6.45, 7) is 14.4. The summed E-state index contributed by atoms with van der Waals surface area (Å²) in [5.74, 6) is 1.98. The fourth-order valence-corrected chi connectivity index (χ4v) is 6.94. The summed E-state index contributed by atoms with van der Waals surface area (Å²) in [6, 6.07) is 13.9. The van der Waals surface area contributed by atoms with Crippen molar-refractivity contribution in [1.29, 1.82) is 0 Å². The number of nitrogens with one attached hydrogen (secondary N) is 2. The first-order valence-corrected chi connectivity index (χ1v) is 15.3. The third-order valence-corrected chi connectivity index (χ3v) is 9.01. The number of anilines is 2. The van der Waals surface area contributed by atoms with E-state index in [-0.39, 0.29) is 22.9 Å². The molecule has 8 heteroatoms. The molecule has 0 radical (unpaired) electrons. The van der Waals surface area contributed by atoms with Gasteiger partial charge in [0, 0.05) is 35.6 Å². The van der Waals surface area contributed by atoms with Gasteiger partial charge in [-0.25, -0.2) is 9.97 Å². The van der Waals surface area contributed by atoms with Crippen LogP contribution in [0.4, 0.5) is 11.6 Å². The van der Waals surface area contributed by atoms with Gasteiger partial charge in [0.05, 0.1) is 23.0 Å². The topological polar surface area (TPSA) is 83.0 Å². The van der Waals surface area contributed by atoms with E-state index < -0.39 is 0 Å². The number of amides is 1. The Hall–Kier alpha value is -3.13. The molecule has 1 fully saturated rings. The number of fused-ring (bicyclic) bond motifs is 1. The van der Waals surface area contributed by atoms with Crippen LogP contribution in [-0.4, -0.2) is 32.9 Å². The number of nitrogens with zero attached hydrogens (tertiary/aromatic N) is 4. The summed E-state index contributed by atoms with van der Waals surface area (Å²) >= 11 is 1.24. The smallest absolute Gasteiger partial charge is 0.265 e. The summed E-state index contributed by atoms with van der Waals surface area (Å²) in [4.78, 5) is 30.6. The van der Waals surface area contributed by atoms with Gasteiger partial charge in [-0.2, -0.15) is 0 Å². The van der Waals surface area contributed by atoms with Gasteiger partial charge in [-0.3, -0.25) is 14.5 Å². The third-order valence-electron chi connectivity index (χ3n) is 8.29. The lowest BCUT2D eigenvalue weighted by atomic mass is 9.75. The highest BCUT2D eigenvalue weighted by Crippen LogP contribution is 2.42. The molecule has 40 heavy (non-hydrogen) atoms. The normalized spacial score (nSPS) is 20.1. The Labute approximate surface area is 243 Å². The Morgan fingerprint density at radius 3 is 2.67 bits per heavy atom. The zero-order valence-electron chi connectivity index (χ0n) is 24.6. The average Bonchev–Trinajstić information content (AvgIpc) is 3.21. The third kappa shape index (κ3) is 5.97. The van der Waals surface area contributed by atoms with Crippen molar-refractivity contribution in [2.45, 2.75) is 95.7 Å².